The largest absolute Gasteiger partial charge is 0.493 e. The molecule has 3 rings (SSSR count). The van der Waals surface area contributed by atoms with Gasteiger partial charge in [-0.2, -0.15) is 11.3 Å². The number of methoxy groups -OCH3 is 1. The van der Waals surface area contributed by atoms with Gasteiger partial charge in [0.05, 0.1) is 18.8 Å². The highest BCUT2D eigenvalue weighted by atomic mass is 32.1. The van der Waals surface area contributed by atoms with Gasteiger partial charge in [0.1, 0.15) is 0 Å². The number of ether oxygens (including phenoxy) is 2. The predicted octanol–water partition coefficient (Wildman–Crippen LogP) is 4.33. The Bertz CT molecular complexity index is 633. The SMILES string of the molecule is COc1ccc(NC(=O)c2ccsc2)cc1OC1CCCC1. The molecule has 1 amide bonds. The third-order valence-corrected chi connectivity index (χ3v) is 4.48. The van der Waals surface area contributed by atoms with E-state index < -0.39 is 0 Å². The smallest absolute Gasteiger partial charge is 0.256 e. The summed E-state index contributed by atoms with van der Waals surface area (Å²) < 4.78 is 11.4. The monoisotopic (exact) mass is 317 g/mol. The molecule has 5 heteroatoms. The van der Waals surface area contributed by atoms with E-state index in [1.165, 1.54) is 24.2 Å². The van der Waals surface area contributed by atoms with Crippen LogP contribution in [0.3, 0.4) is 0 Å². The quantitative estimate of drug-likeness (QED) is 0.893. The van der Waals surface area contributed by atoms with E-state index in [0.29, 0.717) is 22.7 Å². The van der Waals surface area contributed by atoms with Crippen molar-refractivity contribution in [1.82, 2.24) is 0 Å². The molecule has 0 unspecified atom stereocenters. The van der Waals surface area contributed by atoms with Crippen LogP contribution in [0.1, 0.15) is 36.0 Å². The first-order valence-corrected chi connectivity index (χ1v) is 8.39. The summed E-state index contributed by atoms with van der Waals surface area (Å²) in [7, 11) is 1.63. The van der Waals surface area contributed by atoms with Gasteiger partial charge < -0.3 is 14.8 Å². The van der Waals surface area contributed by atoms with E-state index in [1.807, 2.05) is 29.0 Å². The maximum Gasteiger partial charge on any atom is 0.256 e. The first-order chi connectivity index (χ1) is 10.8. The lowest BCUT2D eigenvalue weighted by Gasteiger charge is -2.17. The predicted molar refractivity (Wildman–Crippen MR) is 88.2 cm³/mol. The van der Waals surface area contributed by atoms with Gasteiger partial charge in [-0.05, 0) is 49.3 Å². The number of thiophene rings is 1. The van der Waals surface area contributed by atoms with Gasteiger partial charge in [-0.15, -0.1) is 0 Å². The van der Waals surface area contributed by atoms with Crippen LogP contribution in [0.2, 0.25) is 0 Å². The number of carbonyl (C=O) groups is 1. The fourth-order valence-electron chi connectivity index (χ4n) is 2.63. The highest BCUT2D eigenvalue weighted by Gasteiger charge is 2.19. The summed E-state index contributed by atoms with van der Waals surface area (Å²) in [6, 6.07) is 7.29. The van der Waals surface area contributed by atoms with E-state index in [1.54, 1.807) is 13.2 Å². The Morgan fingerprint density at radius 3 is 2.73 bits per heavy atom. The van der Waals surface area contributed by atoms with Crippen LogP contribution >= 0.6 is 11.3 Å². The molecule has 1 aromatic heterocycles. The number of anilines is 1. The lowest BCUT2D eigenvalue weighted by molar-refractivity contribution is 0.102. The third kappa shape index (κ3) is 3.42. The number of rotatable bonds is 5. The van der Waals surface area contributed by atoms with Crippen molar-refractivity contribution in [2.45, 2.75) is 31.8 Å². The summed E-state index contributed by atoms with van der Waals surface area (Å²) in [6.07, 6.45) is 4.82. The van der Waals surface area contributed by atoms with Gasteiger partial charge in [-0.1, -0.05) is 0 Å². The van der Waals surface area contributed by atoms with E-state index in [-0.39, 0.29) is 12.0 Å². The van der Waals surface area contributed by atoms with Gasteiger partial charge in [0.25, 0.3) is 5.91 Å². The van der Waals surface area contributed by atoms with Crippen molar-refractivity contribution in [3.05, 3.63) is 40.6 Å². The molecule has 1 heterocycles. The van der Waals surface area contributed by atoms with Crippen molar-refractivity contribution in [1.29, 1.82) is 0 Å². The molecule has 1 N–H and O–H groups in total. The number of hydrogen-bond acceptors (Lipinski definition) is 4. The Labute approximate surface area is 134 Å². The van der Waals surface area contributed by atoms with Crippen molar-refractivity contribution in [2.24, 2.45) is 0 Å². The highest BCUT2D eigenvalue weighted by molar-refractivity contribution is 7.08. The van der Waals surface area contributed by atoms with Crippen LogP contribution in [0.5, 0.6) is 11.5 Å². The van der Waals surface area contributed by atoms with Crippen molar-refractivity contribution in [2.75, 3.05) is 12.4 Å². The molecule has 1 saturated carbocycles. The van der Waals surface area contributed by atoms with Gasteiger partial charge in [0.15, 0.2) is 11.5 Å². The fraction of sp³-hybridized carbons (Fsp3) is 0.353. The van der Waals surface area contributed by atoms with Crippen molar-refractivity contribution >= 4 is 22.9 Å². The molecule has 1 aliphatic carbocycles. The lowest BCUT2D eigenvalue weighted by atomic mass is 10.2. The number of carbonyl (C=O) groups excluding carboxylic acids is 1. The molecule has 22 heavy (non-hydrogen) atoms. The molecule has 0 radical (unpaired) electrons. The fourth-order valence-corrected chi connectivity index (χ4v) is 3.27. The zero-order valence-corrected chi connectivity index (χ0v) is 13.3. The summed E-state index contributed by atoms with van der Waals surface area (Å²) in [6.45, 7) is 0. The van der Waals surface area contributed by atoms with Gasteiger partial charge in [-0.25, -0.2) is 0 Å². The standard InChI is InChI=1S/C17H19NO3S/c1-20-15-7-6-13(18-17(19)12-8-9-22-11-12)10-16(15)21-14-4-2-3-5-14/h6-11,14H,2-5H2,1H3,(H,18,19). The van der Waals surface area contributed by atoms with Gasteiger partial charge in [-0.3, -0.25) is 4.79 Å². The summed E-state index contributed by atoms with van der Waals surface area (Å²) in [5.74, 6) is 1.27. The van der Waals surface area contributed by atoms with E-state index in [9.17, 15) is 4.79 Å². The van der Waals surface area contributed by atoms with Crippen LogP contribution in [-0.2, 0) is 0 Å². The molecule has 1 aromatic carbocycles. The van der Waals surface area contributed by atoms with E-state index in [2.05, 4.69) is 5.32 Å². The molecular formula is C17H19NO3S. The Hall–Kier alpha value is -2.01. The second kappa shape index (κ2) is 6.83. The maximum atomic E-state index is 12.1. The Morgan fingerprint density at radius 2 is 2.05 bits per heavy atom. The maximum absolute atomic E-state index is 12.1. The zero-order valence-electron chi connectivity index (χ0n) is 12.5. The molecule has 1 fully saturated rings. The molecule has 0 atom stereocenters. The highest BCUT2D eigenvalue weighted by Crippen LogP contribution is 2.34. The van der Waals surface area contributed by atoms with Crippen LogP contribution in [-0.4, -0.2) is 19.1 Å². The first kappa shape index (κ1) is 14.9. The summed E-state index contributed by atoms with van der Waals surface area (Å²) in [5, 5.41) is 6.61. The molecule has 0 saturated heterocycles. The van der Waals surface area contributed by atoms with Crippen molar-refractivity contribution < 1.29 is 14.3 Å². The molecule has 0 spiro atoms. The normalized spacial score (nSPS) is 14.8. The molecule has 116 valence electrons. The van der Waals surface area contributed by atoms with E-state index >= 15 is 0 Å². The average Bonchev–Trinajstić information content (AvgIpc) is 3.21. The van der Waals surface area contributed by atoms with E-state index in [4.69, 9.17) is 9.47 Å². The molecule has 0 aliphatic heterocycles. The van der Waals surface area contributed by atoms with E-state index in [0.717, 1.165) is 12.8 Å². The third-order valence-electron chi connectivity index (χ3n) is 3.80. The van der Waals surface area contributed by atoms with Crippen LogP contribution in [0.15, 0.2) is 35.0 Å². The molecule has 1 aliphatic rings. The average molecular weight is 317 g/mol. The number of amides is 1. The number of nitrogens with one attached hydrogen (secondary N) is 1. The van der Waals surface area contributed by atoms with Crippen LogP contribution in [0.4, 0.5) is 5.69 Å². The molecule has 4 nitrogen and oxygen atoms in total. The van der Waals surface area contributed by atoms with Gasteiger partial charge in [0, 0.05) is 17.1 Å². The summed E-state index contributed by atoms with van der Waals surface area (Å²) >= 11 is 1.50. The number of benzene rings is 1. The minimum Gasteiger partial charge on any atom is -0.493 e. The lowest BCUT2D eigenvalue weighted by Crippen LogP contribution is -2.13. The van der Waals surface area contributed by atoms with Gasteiger partial charge in [0.2, 0.25) is 0 Å². The second-order valence-electron chi connectivity index (χ2n) is 5.36. The molecular weight excluding hydrogens is 298 g/mol. The minimum atomic E-state index is -0.113. The van der Waals surface area contributed by atoms with Crippen molar-refractivity contribution in [3.63, 3.8) is 0 Å². The van der Waals surface area contributed by atoms with Crippen LogP contribution in [0.25, 0.3) is 0 Å². The summed E-state index contributed by atoms with van der Waals surface area (Å²) in [4.78, 5) is 12.1. The zero-order chi connectivity index (χ0) is 15.4. The Kier molecular flexibility index (Phi) is 4.63. The minimum absolute atomic E-state index is 0.113. The molecule has 0 bridgehead atoms. The summed E-state index contributed by atoms with van der Waals surface area (Å²) in [5.41, 5.74) is 1.38. The van der Waals surface area contributed by atoms with Crippen LogP contribution in [0, 0.1) is 0 Å². The topological polar surface area (TPSA) is 47.6 Å². The van der Waals surface area contributed by atoms with Crippen LogP contribution < -0.4 is 14.8 Å². The second-order valence-corrected chi connectivity index (χ2v) is 6.14. The first-order valence-electron chi connectivity index (χ1n) is 7.44. The Balaban J connectivity index is 1.75. The van der Waals surface area contributed by atoms with Gasteiger partial charge >= 0.3 is 0 Å². The van der Waals surface area contributed by atoms with Crippen molar-refractivity contribution in [3.8, 4) is 11.5 Å². The number of hydrogen-bond donors (Lipinski definition) is 1. The molecule has 2 aromatic rings. The Morgan fingerprint density at radius 1 is 1.23 bits per heavy atom.